The highest BCUT2D eigenvalue weighted by atomic mass is 16.5. The fourth-order valence-corrected chi connectivity index (χ4v) is 5.36. The SMILES string of the molecule is Cc1nccc2cc(-c3ccc(C(C)C4CCN(C(=O)[C@H]5CCCO5)CC4)cc3)ccc12. The Bertz CT molecular complexity index is 1090. The highest BCUT2D eigenvalue weighted by Gasteiger charge is 2.32. The van der Waals surface area contributed by atoms with Gasteiger partial charge in [0, 0.05) is 37.0 Å². The minimum absolute atomic E-state index is 0.188. The molecule has 3 heterocycles. The number of fused-ring (bicyclic) bond motifs is 1. The molecular formula is C28H32N2O2. The second-order valence-electron chi connectivity index (χ2n) is 9.41. The molecule has 0 saturated carbocycles. The van der Waals surface area contributed by atoms with Gasteiger partial charge in [0.25, 0.3) is 5.91 Å². The molecule has 2 aliphatic heterocycles. The topological polar surface area (TPSA) is 42.4 Å². The van der Waals surface area contributed by atoms with Gasteiger partial charge in [-0.3, -0.25) is 9.78 Å². The third-order valence-electron chi connectivity index (χ3n) is 7.50. The molecule has 4 nitrogen and oxygen atoms in total. The van der Waals surface area contributed by atoms with E-state index in [9.17, 15) is 4.79 Å². The summed E-state index contributed by atoms with van der Waals surface area (Å²) < 4.78 is 5.59. The number of aryl methyl sites for hydroxylation is 1. The van der Waals surface area contributed by atoms with Gasteiger partial charge in [0.1, 0.15) is 6.10 Å². The molecule has 1 unspecified atom stereocenters. The third kappa shape index (κ3) is 4.16. The van der Waals surface area contributed by atoms with Gasteiger partial charge in [0.15, 0.2) is 0 Å². The van der Waals surface area contributed by atoms with E-state index in [1.54, 1.807) is 0 Å². The molecule has 5 rings (SSSR count). The number of nitrogens with zero attached hydrogens (tertiary/aromatic N) is 2. The van der Waals surface area contributed by atoms with E-state index in [-0.39, 0.29) is 12.0 Å². The number of ether oxygens (including phenoxy) is 1. The number of benzene rings is 2. The Labute approximate surface area is 190 Å². The molecule has 0 bridgehead atoms. The molecular weight excluding hydrogens is 396 g/mol. The molecule has 1 amide bonds. The van der Waals surface area contributed by atoms with Crippen molar-refractivity contribution in [3.63, 3.8) is 0 Å². The maximum absolute atomic E-state index is 12.6. The first-order valence-electron chi connectivity index (χ1n) is 12.0. The Morgan fingerprint density at radius 3 is 2.50 bits per heavy atom. The van der Waals surface area contributed by atoms with E-state index in [4.69, 9.17) is 4.74 Å². The molecule has 166 valence electrons. The van der Waals surface area contributed by atoms with Crippen molar-refractivity contribution in [1.29, 1.82) is 0 Å². The number of carbonyl (C=O) groups excluding carboxylic acids is 1. The summed E-state index contributed by atoms with van der Waals surface area (Å²) in [6.45, 7) is 6.84. The molecule has 2 fully saturated rings. The Hall–Kier alpha value is -2.72. The minimum atomic E-state index is -0.188. The molecule has 2 aromatic carbocycles. The maximum Gasteiger partial charge on any atom is 0.251 e. The first kappa shape index (κ1) is 21.1. The standard InChI is InChI=1S/C28H32N2O2/c1-19(22-12-15-30(16-13-22)28(31)27-4-3-17-32-27)21-5-7-23(8-6-21)24-9-10-26-20(2)29-14-11-25(26)18-24/h5-11,14,18-19,22,27H,3-4,12-13,15-17H2,1-2H3/t19?,27-/m1/s1. The van der Waals surface area contributed by atoms with Crippen molar-refractivity contribution in [1.82, 2.24) is 9.88 Å². The predicted molar refractivity (Wildman–Crippen MR) is 129 cm³/mol. The average molecular weight is 429 g/mol. The summed E-state index contributed by atoms with van der Waals surface area (Å²) in [7, 11) is 0. The molecule has 0 spiro atoms. The van der Waals surface area contributed by atoms with Crippen LogP contribution in [0.15, 0.2) is 54.7 Å². The number of piperidine rings is 1. The number of rotatable bonds is 4. The number of likely N-dealkylation sites (tertiary alicyclic amines) is 1. The Morgan fingerprint density at radius 2 is 1.78 bits per heavy atom. The zero-order valence-electron chi connectivity index (χ0n) is 19.1. The third-order valence-corrected chi connectivity index (χ3v) is 7.50. The van der Waals surface area contributed by atoms with Gasteiger partial charge in [-0.05, 0) is 78.7 Å². The summed E-state index contributed by atoms with van der Waals surface area (Å²) in [6.07, 6.45) is 5.72. The van der Waals surface area contributed by atoms with Crippen LogP contribution in [0.3, 0.4) is 0 Å². The normalized spacial score (nSPS) is 20.6. The van der Waals surface area contributed by atoms with Gasteiger partial charge >= 0.3 is 0 Å². The summed E-state index contributed by atoms with van der Waals surface area (Å²) in [5, 5.41) is 2.45. The van der Waals surface area contributed by atoms with E-state index in [2.05, 4.69) is 67.4 Å². The van der Waals surface area contributed by atoms with Crippen LogP contribution >= 0.6 is 0 Å². The lowest BCUT2D eigenvalue weighted by Crippen LogP contribution is -2.44. The van der Waals surface area contributed by atoms with Gasteiger partial charge in [-0.15, -0.1) is 0 Å². The molecule has 2 aliphatic rings. The second-order valence-corrected chi connectivity index (χ2v) is 9.41. The first-order valence-corrected chi connectivity index (χ1v) is 12.0. The molecule has 2 saturated heterocycles. The second kappa shape index (κ2) is 9.03. The molecule has 3 aromatic rings. The van der Waals surface area contributed by atoms with Crippen molar-refractivity contribution < 1.29 is 9.53 Å². The van der Waals surface area contributed by atoms with Crippen LogP contribution < -0.4 is 0 Å². The number of hydrogen-bond donors (Lipinski definition) is 0. The summed E-state index contributed by atoms with van der Waals surface area (Å²) in [4.78, 5) is 19.0. The number of amides is 1. The van der Waals surface area contributed by atoms with Gasteiger partial charge in [-0.1, -0.05) is 43.3 Å². The number of pyridine rings is 1. The van der Waals surface area contributed by atoms with Crippen LogP contribution in [0.1, 0.15) is 49.8 Å². The van der Waals surface area contributed by atoms with E-state index < -0.39 is 0 Å². The highest BCUT2D eigenvalue weighted by Crippen LogP contribution is 2.34. The first-order chi connectivity index (χ1) is 15.6. The van der Waals surface area contributed by atoms with Gasteiger partial charge in [-0.2, -0.15) is 0 Å². The van der Waals surface area contributed by atoms with Gasteiger partial charge in [0.05, 0.1) is 0 Å². The summed E-state index contributed by atoms with van der Waals surface area (Å²) in [6, 6.07) is 17.8. The highest BCUT2D eigenvalue weighted by molar-refractivity contribution is 5.88. The summed E-state index contributed by atoms with van der Waals surface area (Å²) in [5.74, 6) is 1.32. The fraction of sp³-hybridized carbons (Fsp3) is 0.429. The predicted octanol–water partition coefficient (Wildman–Crippen LogP) is 5.73. The van der Waals surface area contributed by atoms with Crippen LogP contribution in [0, 0.1) is 12.8 Å². The zero-order valence-corrected chi connectivity index (χ0v) is 19.1. The van der Waals surface area contributed by atoms with E-state index in [0.29, 0.717) is 11.8 Å². The van der Waals surface area contributed by atoms with Crippen molar-refractivity contribution in [3.05, 3.63) is 66.0 Å². The van der Waals surface area contributed by atoms with Crippen LogP contribution in [0.25, 0.3) is 21.9 Å². The average Bonchev–Trinajstić information content (AvgIpc) is 3.38. The monoisotopic (exact) mass is 428 g/mol. The lowest BCUT2D eigenvalue weighted by molar-refractivity contribution is -0.142. The van der Waals surface area contributed by atoms with Crippen molar-refractivity contribution in [3.8, 4) is 11.1 Å². The number of carbonyl (C=O) groups is 1. The molecule has 4 heteroatoms. The van der Waals surface area contributed by atoms with E-state index in [1.165, 1.54) is 27.5 Å². The van der Waals surface area contributed by atoms with Crippen LogP contribution in [0.4, 0.5) is 0 Å². The largest absolute Gasteiger partial charge is 0.368 e. The van der Waals surface area contributed by atoms with E-state index >= 15 is 0 Å². The quantitative estimate of drug-likeness (QED) is 0.533. The van der Waals surface area contributed by atoms with Gasteiger partial charge in [0.2, 0.25) is 0 Å². The van der Waals surface area contributed by atoms with Crippen molar-refractivity contribution >= 4 is 16.7 Å². The molecule has 1 aromatic heterocycles. The fourth-order valence-electron chi connectivity index (χ4n) is 5.36. The van der Waals surface area contributed by atoms with E-state index in [0.717, 1.165) is 51.1 Å². The van der Waals surface area contributed by atoms with Crippen molar-refractivity contribution in [2.75, 3.05) is 19.7 Å². The Morgan fingerprint density at radius 1 is 1.03 bits per heavy atom. The lowest BCUT2D eigenvalue weighted by Gasteiger charge is -2.36. The van der Waals surface area contributed by atoms with Crippen LogP contribution in [-0.4, -0.2) is 41.6 Å². The van der Waals surface area contributed by atoms with Gasteiger partial charge < -0.3 is 9.64 Å². The smallest absolute Gasteiger partial charge is 0.251 e. The molecule has 0 aliphatic carbocycles. The minimum Gasteiger partial charge on any atom is -0.368 e. The summed E-state index contributed by atoms with van der Waals surface area (Å²) >= 11 is 0. The van der Waals surface area contributed by atoms with Crippen LogP contribution in [-0.2, 0) is 9.53 Å². The maximum atomic E-state index is 12.6. The molecule has 0 radical (unpaired) electrons. The molecule has 32 heavy (non-hydrogen) atoms. The molecule has 0 N–H and O–H groups in total. The summed E-state index contributed by atoms with van der Waals surface area (Å²) in [5.41, 5.74) is 4.94. The Kier molecular flexibility index (Phi) is 5.97. The number of hydrogen-bond acceptors (Lipinski definition) is 3. The van der Waals surface area contributed by atoms with Crippen LogP contribution in [0.2, 0.25) is 0 Å². The molecule has 2 atom stereocenters. The van der Waals surface area contributed by atoms with Crippen molar-refractivity contribution in [2.24, 2.45) is 5.92 Å². The van der Waals surface area contributed by atoms with Gasteiger partial charge in [-0.25, -0.2) is 0 Å². The number of aromatic nitrogens is 1. The van der Waals surface area contributed by atoms with Crippen LogP contribution in [0.5, 0.6) is 0 Å². The zero-order chi connectivity index (χ0) is 22.1. The van der Waals surface area contributed by atoms with E-state index in [1.807, 2.05) is 11.1 Å². The lowest BCUT2D eigenvalue weighted by atomic mass is 9.81. The Balaban J connectivity index is 1.24. The van der Waals surface area contributed by atoms with Crippen molar-refractivity contribution in [2.45, 2.75) is 51.6 Å².